The third-order valence-electron chi connectivity index (χ3n) is 4.90. The van der Waals surface area contributed by atoms with Gasteiger partial charge in [0.15, 0.2) is 5.96 Å². The van der Waals surface area contributed by atoms with Crippen molar-refractivity contribution in [1.82, 2.24) is 10.2 Å². The number of para-hydroxylation sites is 1. The highest BCUT2D eigenvalue weighted by molar-refractivity contribution is 14.0. The van der Waals surface area contributed by atoms with E-state index in [1.807, 2.05) is 37.4 Å². The summed E-state index contributed by atoms with van der Waals surface area (Å²) in [5.74, 6) is 2.91. The van der Waals surface area contributed by atoms with Gasteiger partial charge in [-0.1, -0.05) is 31.5 Å². The zero-order valence-corrected chi connectivity index (χ0v) is 17.1. The van der Waals surface area contributed by atoms with E-state index in [1.54, 1.807) is 0 Å². The van der Waals surface area contributed by atoms with Crippen LogP contribution in [0.25, 0.3) is 0 Å². The van der Waals surface area contributed by atoms with Gasteiger partial charge in [-0.05, 0) is 30.9 Å². The first-order valence-electron chi connectivity index (χ1n) is 9.00. The van der Waals surface area contributed by atoms with Crippen LogP contribution < -0.4 is 10.1 Å². The Balaban J connectivity index is 0.00000208. The van der Waals surface area contributed by atoms with Crippen molar-refractivity contribution in [2.75, 3.05) is 20.1 Å². The summed E-state index contributed by atoms with van der Waals surface area (Å²) in [6.07, 6.45) is 6.35. The van der Waals surface area contributed by atoms with E-state index in [0.717, 1.165) is 43.6 Å². The van der Waals surface area contributed by atoms with Crippen LogP contribution in [0.3, 0.4) is 0 Å². The molecule has 1 N–H and O–H groups in total. The van der Waals surface area contributed by atoms with Gasteiger partial charge in [0.25, 0.3) is 0 Å². The predicted molar refractivity (Wildman–Crippen MR) is 110 cm³/mol. The van der Waals surface area contributed by atoms with Crippen LogP contribution in [-0.2, 0) is 0 Å². The number of nitrogens with one attached hydrogen (secondary N) is 1. The molecule has 4 nitrogen and oxygen atoms in total. The second kappa shape index (κ2) is 9.49. The first-order valence-corrected chi connectivity index (χ1v) is 9.00. The lowest BCUT2D eigenvalue weighted by Gasteiger charge is -2.34. The molecule has 1 aromatic rings. The Morgan fingerprint density at radius 1 is 1.25 bits per heavy atom. The predicted octanol–water partition coefficient (Wildman–Crippen LogP) is 3.91. The molecular weight excluding hydrogens is 413 g/mol. The molecule has 1 saturated heterocycles. The number of halogens is 1. The molecule has 0 spiro atoms. The normalized spacial score (nSPS) is 24.2. The zero-order valence-electron chi connectivity index (χ0n) is 14.8. The first kappa shape index (κ1) is 19.3. The fourth-order valence-corrected chi connectivity index (χ4v) is 3.45. The molecule has 1 aromatic carbocycles. The van der Waals surface area contributed by atoms with Gasteiger partial charge in [-0.25, -0.2) is 0 Å². The molecule has 3 rings (SSSR count). The Kier molecular flexibility index (Phi) is 7.65. The minimum Gasteiger partial charge on any atom is -0.490 e. The third-order valence-corrected chi connectivity index (χ3v) is 4.90. The highest BCUT2D eigenvalue weighted by Gasteiger charge is 2.37. The summed E-state index contributed by atoms with van der Waals surface area (Å²) >= 11 is 0. The van der Waals surface area contributed by atoms with Crippen LogP contribution in [0, 0.1) is 5.92 Å². The average molecular weight is 443 g/mol. The summed E-state index contributed by atoms with van der Waals surface area (Å²) in [6, 6.07) is 10.8. The van der Waals surface area contributed by atoms with Crippen LogP contribution in [-0.4, -0.2) is 43.1 Å². The van der Waals surface area contributed by atoms with Crippen LogP contribution in [0.15, 0.2) is 35.3 Å². The second-order valence-electron chi connectivity index (χ2n) is 6.70. The van der Waals surface area contributed by atoms with Gasteiger partial charge in [-0.3, -0.25) is 4.99 Å². The molecule has 2 aliphatic rings. The number of nitrogens with zero attached hydrogens (tertiary/aromatic N) is 2. The fourth-order valence-electron chi connectivity index (χ4n) is 3.45. The molecule has 2 unspecified atom stereocenters. The molecular formula is C19H30IN3O. The van der Waals surface area contributed by atoms with Crippen LogP contribution in [0.5, 0.6) is 5.75 Å². The Morgan fingerprint density at radius 3 is 2.58 bits per heavy atom. The van der Waals surface area contributed by atoms with Crippen molar-refractivity contribution in [2.45, 2.75) is 51.2 Å². The maximum Gasteiger partial charge on any atom is 0.193 e. The Morgan fingerprint density at radius 2 is 1.96 bits per heavy atom. The zero-order chi connectivity index (χ0) is 16.1. The van der Waals surface area contributed by atoms with Crippen LogP contribution >= 0.6 is 24.0 Å². The van der Waals surface area contributed by atoms with Crippen molar-refractivity contribution >= 4 is 29.9 Å². The highest BCUT2D eigenvalue weighted by atomic mass is 127. The average Bonchev–Trinajstić information content (AvgIpc) is 3.32. The highest BCUT2D eigenvalue weighted by Crippen LogP contribution is 2.34. The van der Waals surface area contributed by atoms with E-state index < -0.39 is 0 Å². The summed E-state index contributed by atoms with van der Waals surface area (Å²) in [6.45, 7) is 4.30. The molecule has 1 heterocycles. The third kappa shape index (κ3) is 5.26. The lowest BCUT2D eigenvalue weighted by molar-refractivity contribution is 0.129. The quantitative estimate of drug-likeness (QED) is 0.426. The number of likely N-dealkylation sites (tertiary alicyclic amines) is 1. The number of aliphatic imine (C=N–C) groups is 1. The van der Waals surface area contributed by atoms with Crippen LogP contribution in [0.4, 0.5) is 0 Å². The molecule has 2 atom stereocenters. The van der Waals surface area contributed by atoms with Gasteiger partial charge in [-0.2, -0.15) is 0 Å². The SMILES string of the molecule is CCCC1CC1NC(=NC)N1CCC(Oc2ccccc2)CC1.I. The molecule has 24 heavy (non-hydrogen) atoms. The minimum absolute atomic E-state index is 0. The van der Waals surface area contributed by atoms with Crippen molar-refractivity contribution in [1.29, 1.82) is 0 Å². The Hall–Kier alpha value is -0.980. The monoisotopic (exact) mass is 443 g/mol. The first-order chi connectivity index (χ1) is 11.3. The van der Waals surface area contributed by atoms with Crippen molar-refractivity contribution in [3.63, 3.8) is 0 Å². The smallest absolute Gasteiger partial charge is 0.193 e. The van der Waals surface area contributed by atoms with Crippen molar-refractivity contribution < 1.29 is 4.74 Å². The summed E-state index contributed by atoms with van der Waals surface area (Å²) in [7, 11) is 1.89. The summed E-state index contributed by atoms with van der Waals surface area (Å²) in [5.41, 5.74) is 0. The number of rotatable bonds is 5. The lowest BCUT2D eigenvalue weighted by atomic mass is 10.1. The summed E-state index contributed by atoms with van der Waals surface area (Å²) < 4.78 is 6.07. The molecule has 1 saturated carbocycles. The van der Waals surface area contributed by atoms with Crippen molar-refractivity contribution in [3.8, 4) is 5.75 Å². The van der Waals surface area contributed by atoms with Gasteiger partial charge in [0.05, 0.1) is 0 Å². The number of benzene rings is 1. The standard InChI is InChI=1S/C19H29N3O.HI/c1-3-7-15-14-18(15)21-19(20-2)22-12-10-17(11-13-22)23-16-8-5-4-6-9-16;/h4-6,8-9,15,17-18H,3,7,10-14H2,1-2H3,(H,20,21);1H. The van der Waals surface area contributed by atoms with Gasteiger partial charge in [0.2, 0.25) is 0 Å². The van der Waals surface area contributed by atoms with E-state index in [-0.39, 0.29) is 24.0 Å². The second-order valence-corrected chi connectivity index (χ2v) is 6.70. The van der Waals surface area contributed by atoms with E-state index in [2.05, 4.69) is 22.1 Å². The van der Waals surface area contributed by atoms with Crippen LogP contribution in [0.2, 0.25) is 0 Å². The maximum absolute atomic E-state index is 6.07. The largest absolute Gasteiger partial charge is 0.490 e. The molecule has 134 valence electrons. The van der Waals surface area contributed by atoms with Gasteiger partial charge in [0.1, 0.15) is 11.9 Å². The number of piperidine rings is 1. The minimum atomic E-state index is 0. The molecule has 5 heteroatoms. The van der Waals surface area contributed by atoms with E-state index in [0.29, 0.717) is 12.1 Å². The van der Waals surface area contributed by atoms with Gasteiger partial charge >= 0.3 is 0 Å². The van der Waals surface area contributed by atoms with Gasteiger partial charge in [0, 0.05) is 39.0 Å². The number of ether oxygens (including phenoxy) is 1. The lowest BCUT2D eigenvalue weighted by Crippen LogP contribution is -2.48. The van der Waals surface area contributed by atoms with E-state index in [4.69, 9.17) is 4.74 Å². The molecule has 1 aliphatic heterocycles. The van der Waals surface area contributed by atoms with Gasteiger partial charge in [-0.15, -0.1) is 24.0 Å². The van der Waals surface area contributed by atoms with E-state index in [1.165, 1.54) is 19.3 Å². The number of hydrogen-bond acceptors (Lipinski definition) is 2. The van der Waals surface area contributed by atoms with E-state index >= 15 is 0 Å². The van der Waals surface area contributed by atoms with Gasteiger partial charge < -0.3 is 15.0 Å². The maximum atomic E-state index is 6.07. The summed E-state index contributed by atoms with van der Waals surface area (Å²) in [5, 5.41) is 3.64. The molecule has 0 bridgehead atoms. The molecule has 1 aliphatic carbocycles. The van der Waals surface area contributed by atoms with Crippen LogP contribution in [0.1, 0.15) is 39.0 Å². The topological polar surface area (TPSA) is 36.9 Å². The molecule has 2 fully saturated rings. The summed E-state index contributed by atoms with van der Waals surface area (Å²) in [4.78, 5) is 6.87. The van der Waals surface area contributed by atoms with Crippen molar-refractivity contribution in [3.05, 3.63) is 30.3 Å². The molecule has 0 amide bonds. The van der Waals surface area contributed by atoms with Crippen molar-refractivity contribution in [2.24, 2.45) is 10.9 Å². The Labute approximate surface area is 163 Å². The number of guanidine groups is 1. The molecule has 0 radical (unpaired) electrons. The Bertz CT molecular complexity index is 515. The fraction of sp³-hybridized carbons (Fsp3) is 0.632. The number of hydrogen-bond donors (Lipinski definition) is 1. The molecule has 0 aromatic heterocycles. The van der Waals surface area contributed by atoms with E-state index in [9.17, 15) is 0 Å².